The van der Waals surface area contributed by atoms with Crippen LogP contribution >= 0.6 is 0 Å². The van der Waals surface area contributed by atoms with E-state index in [9.17, 15) is 4.79 Å². The number of hydrogen-bond acceptors (Lipinski definition) is 4. The number of rotatable bonds is 7. The highest BCUT2D eigenvalue weighted by molar-refractivity contribution is 5.76. The minimum atomic E-state index is 0.313. The van der Waals surface area contributed by atoms with Crippen molar-refractivity contribution in [2.75, 3.05) is 45.9 Å². The van der Waals surface area contributed by atoms with Crippen molar-refractivity contribution in [3.05, 3.63) is 0 Å². The van der Waals surface area contributed by atoms with Crippen LogP contribution < -0.4 is 5.32 Å². The Labute approximate surface area is 128 Å². The molecule has 0 radical (unpaired) electrons. The van der Waals surface area contributed by atoms with Crippen LogP contribution in [0.15, 0.2) is 0 Å². The summed E-state index contributed by atoms with van der Waals surface area (Å²) in [6.45, 7) is 6.39. The molecule has 3 aliphatic rings. The normalized spacial score (nSPS) is 26.5. The lowest BCUT2D eigenvalue weighted by atomic mass is 10.2. The fourth-order valence-electron chi connectivity index (χ4n) is 3.46. The maximum Gasteiger partial charge on any atom is 0.222 e. The molecule has 2 aliphatic heterocycles. The average Bonchev–Trinajstić information content (AvgIpc) is 3.24. The molecule has 120 valence electrons. The van der Waals surface area contributed by atoms with Crippen molar-refractivity contribution in [1.29, 1.82) is 0 Å². The molecule has 3 fully saturated rings. The zero-order valence-electron chi connectivity index (χ0n) is 13.1. The Hall–Kier alpha value is -0.650. The first-order valence-corrected chi connectivity index (χ1v) is 8.66. The van der Waals surface area contributed by atoms with Gasteiger partial charge in [0.05, 0.1) is 13.2 Å². The van der Waals surface area contributed by atoms with Crippen molar-refractivity contribution in [3.63, 3.8) is 0 Å². The molecule has 0 spiro atoms. The molecule has 1 amide bonds. The predicted octanol–water partition coefficient (Wildman–Crippen LogP) is 0.842. The number of nitrogens with zero attached hydrogens (tertiary/aromatic N) is 2. The summed E-state index contributed by atoms with van der Waals surface area (Å²) in [5, 5.41) is 3.59. The lowest BCUT2D eigenvalue weighted by Gasteiger charge is -2.28. The summed E-state index contributed by atoms with van der Waals surface area (Å²) >= 11 is 0. The number of morpholine rings is 1. The summed E-state index contributed by atoms with van der Waals surface area (Å²) in [6.07, 6.45) is 7.03. The fraction of sp³-hybridized carbons (Fsp3) is 0.938. The van der Waals surface area contributed by atoms with Gasteiger partial charge in [-0.1, -0.05) is 0 Å². The molecule has 2 heterocycles. The Bertz CT molecular complexity index is 334. The molecule has 1 atom stereocenters. The quantitative estimate of drug-likeness (QED) is 0.756. The zero-order chi connectivity index (χ0) is 14.5. The van der Waals surface area contributed by atoms with Gasteiger partial charge in [-0.25, -0.2) is 0 Å². The van der Waals surface area contributed by atoms with E-state index < -0.39 is 0 Å². The van der Waals surface area contributed by atoms with Crippen molar-refractivity contribution in [1.82, 2.24) is 15.1 Å². The summed E-state index contributed by atoms with van der Waals surface area (Å²) in [6, 6.07) is 1.48. The molecular formula is C16H29N3O2. The van der Waals surface area contributed by atoms with Crippen LogP contribution in [0, 0.1) is 0 Å². The van der Waals surface area contributed by atoms with Gasteiger partial charge in [0.1, 0.15) is 0 Å². The molecule has 5 nitrogen and oxygen atoms in total. The van der Waals surface area contributed by atoms with Crippen LogP contribution in [0.2, 0.25) is 0 Å². The van der Waals surface area contributed by atoms with Gasteiger partial charge in [-0.05, 0) is 45.2 Å². The van der Waals surface area contributed by atoms with Crippen LogP contribution in [-0.2, 0) is 9.53 Å². The Morgan fingerprint density at radius 3 is 2.71 bits per heavy atom. The van der Waals surface area contributed by atoms with E-state index in [-0.39, 0.29) is 0 Å². The van der Waals surface area contributed by atoms with E-state index in [1.807, 2.05) is 4.90 Å². The fourth-order valence-corrected chi connectivity index (χ4v) is 3.46. The Balaban J connectivity index is 1.36. The highest BCUT2D eigenvalue weighted by atomic mass is 16.5. The van der Waals surface area contributed by atoms with E-state index in [1.165, 1.54) is 38.8 Å². The molecule has 0 aromatic rings. The topological polar surface area (TPSA) is 44.8 Å². The van der Waals surface area contributed by atoms with Gasteiger partial charge in [0.2, 0.25) is 5.91 Å². The van der Waals surface area contributed by atoms with Gasteiger partial charge in [0.15, 0.2) is 0 Å². The maximum absolute atomic E-state index is 12.1. The summed E-state index contributed by atoms with van der Waals surface area (Å²) in [4.78, 5) is 16.7. The second-order valence-electron chi connectivity index (χ2n) is 6.62. The molecule has 0 aromatic heterocycles. The number of amides is 1. The van der Waals surface area contributed by atoms with Gasteiger partial charge >= 0.3 is 0 Å². The first-order valence-electron chi connectivity index (χ1n) is 8.66. The van der Waals surface area contributed by atoms with E-state index >= 15 is 0 Å². The van der Waals surface area contributed by atoms with E-state index in [0.29, 0.717) is 31.6 Å². The van der Waals surface area contributed by atoms with E-state index in [4.69, 9.17) is 4.74 Å². The van der Waals surface area contributed by atoms with Crippen LogP contribution in [0.1, 0.15) is 38.5 Å². The third-order valence-corrected chi connectivity index (χ3v) is 4.88. The van der Waals surface area contributed by atoms with Crippen LogP contribution in [-0.4, -0.2) is 73.7 Å². The zero-order valence-corrected chi connectivity index (χ0v) is 13.1. The number of hydrogen-bond donors (Lipinski definition) is 1. The Morgan fingerprint density at radius 2 is 2.05 bits per heavy atom. The summed E-state index contributed by atoms with van der Waals surface area (Å²) in [5.41, 5.74) is 0. The summed E-state index contributed by atoms with van der Waals surface area (Å²) in [7, 11) is 0. The number of carbonyl (C=O) groups excluding carboxylic acids is 1. The minimum Gasteiger partial charge on any atom is -0.378 e. The van der Waals surface area contributed by atoms with Gasteiger partial charge in [-0.2, -0.15) is 0 Å². The molecule has 0 aromatic carbocycles. The smallest absolute Gasteiger partial charge is 0.222 e. The molecule has 0 bridgehead atoms. The largest absolute Gasteiger partial charge is 0.378 e. The summed E-state index contributed by atoms with van der Waals surface area (Å²) in [5.74, 6) is 0.313. The standard InChI is InChI=1S/C16H29N3O2/c20-16(18-9-11-21-12-10-18)4-2-8-19(15-5-6-15)13-14-3-1-7-17-14/h14-15,17H,1-13H2. The van der Waals surface area contributed by atoms with Crippen LogP contribution in [0.4, 0.5) is 0 Å². The van der Waals surface area contributed by atoms with Gasteiger partial charge in [0, 0.05) is 38.1 Å². The van der Waals surface area contributed by atoms with Crippen LogP contribution in [0.25, 0.3) is 0 Å². The Morgan fingerprint density at radius 1 is 1.24 bits per heavy atom. The van der Waals surface area contributed by atoms with Crippen molar-refractivity contribution in [2.24, 2.45) is 0 Å². The monoisotopic (exact) mass is 295 g/mol. The average molecular weight is 295 g/mol. The first kappa shape index (κ1) is 15.3. The molecule has 2 saturated heterocycles. The molecular weight excluding hydrogens is 266 g/mol. The SMILES string of the molecule is O=C(CCCN(CC1CCCN1)C1CC1)N1CCOCC1. The maximum atomic E-state index is 12.1. The molecule has 1 aliphatic carbocycles. The lowest BCUT2D eigenvalue weighted by molar-refractivity contribution is -0.135. The van der Waals surface area contributed by atoms with E-state index in [2.05, 4.69) is 10.2 Å². The Kier molecular flexibility index (Phi) is 5.49. The van der Waals surface area contributed by atoms with E-state index in [0.717, 1.165) is 32.1 Å². The van der Waals surface area contributed by atoms with Crippen LogP contribution in [0.5, 0.6) is 0 Å². The third kappa shape index (κ3) is 4.66. The highest BCUT2D eigenvalue weighted by Crippen LogP contribution is 2.28. The van der Waals surface area contributed by atoms with Gasteiger partial charge < -0.3 is 15.0 Å². The van der Waals surface area contributed by atoms with Crippen molar-refractivity contribution >= 4 is 5.91 Å². The van der Waals surface area contributed by atoms with Crippen molar-refractivity contribution in [3.8, 4) is 0 Å². The van der Waals surface area contributed by atoms with E-state index in [1.54, 1.807) is 0 Å². The summed E-state index contributed by atoms with van der Waals surface area (Å²) < 4.78 is 5.30. The molecule has 21 heavy (non-hydrogen) atoms. The second-order valence-corrected chi connectivity index (χ2v) is 6.62. The molecule has 3 rings (SSSR count). The first-order chi connectivity index (χ1) is 10.3. The van der Waals surface area contributed by atoms with Gasteiger partial charge in [-0.15, -0.1) is 0 Å². The van der Waals surface area contributed by atoms with Gasteiger partial charge in [0.25, 0.3) is 0 Å². The van der Waals surface area contributed by atoms with Crippen molar-refractivity contribution in [2.45, 2.75) is 50.6 Å². The van der Waals surface area contributed by atoms with Gasteiger partial charge in [-0.3, -0.25) is 9.69 Å². The third-order valence-electron chi connectivity index (χ3n) is 4.88. The number of ether oxygens (including phenoxy) is 1. The van der Waals surface area contributed by atoms with Crippen LogP contribution in [0.3, 0.4) is 0 Å². The predicted molar refractivity (Wildman–Crippen MR) is 82.3 cm³/mol. The lowest BCUT2D eigenvalue weighted by Crippen LogP contribution is -2.42. The molecule has 1 saturated carbocycles. The number of nitrogens with one attached hydrogen (secondary N) is 1. The van der Waals surface area contributed by atoms with Crippen molar-refractivity contribution < 1.29 is 9.53 Å². The molecule has 5 heteroatoms. The molecule has 1 N–H and O–H groups in total. The second kappa shape index (κ2) is 7.56. The number of carbonyl (C=O) groups is 1. The molecule has 1 unspecified atom stereocenters. The highest BCUT2D eigenvalue weighted by Gasteiger charge is 2.31. The minimum absolute atomic E-state index is 0.313.